The van der Waals surface area contributed by atoms with E-state index in [2.05, 4.69) is 25.4 Å². The van der Waals surface area contributed by atoms with Gasteiger partial charge in [0.05, 0.1) is 23.3 Å². The first-order valence-corrected chi connectivity index (χ1v) is 8.21. The molecule has 4 rings (SSSR count). The second kappa shape index (κ2) is 6.32. The molecule has 8 heteroatoms. The van der Waals surface area contributed by atoms with Gasteiger partial charge in [0.2, 0.25) is 0 Å². The van der Waals surface area contributed by atoms with Gasteiger partial charge in [-0.05, 0) is 29.1 Å². The number of nitrogens with one attached hydrogen (secondary N) is 1. The number of benzene rings is 1. The van der Waals surface area contributed by atoms with Crippen LogP contribution in [0.2, 0.25) is 0 Å². The smallest absolute Gasteiger partial charge is 0.169 e. The van der Waals surface area contributed by atoms with Crippen LogP contribution in [-0.2, 0) is 13.1 Å². The minimum atomic E-state index is -0.252. The number of thiophene rings is 1. The minimum Gasteiger partial charge on any atom is -0.361 e. The van der Waals surface area contributed by atoms with Crippen molar-refractivity contribution in [3.05, 3.63) is 65.6 Å². The number of anilines is 1. The summed E-state index contributed by atoms with van der Waals surface area (Å²) in [6.07, 6.45) is 3.18. The Balaban J connectivity index is 1.45. The Hall–Kier alpha value is -2.87. The normalized spacial score (nSPS) is 11.0. The van der Waals surface area contributed by atoms with Crippen LogP contribution >= 0.6 is 11.3 Å². The zero-order chi connectivity index (χ0) is 16.4. The van der Waals surface area contributed by atoms with Gasteiger partial charge in [-0.25, -0.2) is 24.0 Å². The van der Waals surface area contributed by atoms with Gasteiger partial charge >= 0.3 is 0 Å². The van der Waals surface area contributed by atoms with Gasteiger partial charge in [-0.3, -0.25) is 0 Å². The van der Waals surface area contributed by atoms with Crippen LogP contribution in [0.4, 0.5) is 10.2 Å². The van der Waals surface area contributed by atoms with Crippen LogP contribution in [-0.4, -0.2) is 24.7 Å². The van der Waals surface area contributed by atoms with E-state index in [1.807, 2.05) is 17.5 Å². The number of nitrogens with zero attached hydrogens (tertiary/aromatic N) is 5. The number of halogens is 1. The second-order valence-electron chi connectivity index (χ2n) is 5.20. The van der Waals surface area contributed by atoms with Crippen molar-refractivity contribution in [2.75, 3.05) is 5.32 Å². The number of fused-ring (bicyclic) bond motifs is 1. The van der Waals surface area contributed by atoms with Crippen molar-refractivity contribution in [1.82, 2.24) is 24.7 Å². The molecule has 0 saturated carbocycles. The van der Waals surface area contributed by atoms with Crippen molar-refractivity contribution in [2.45, 2.75) is 13.1 Å². The number of hydrogen-bond donors (Lipinski definition) is 1. The zero-order valence-electron chi connectivity index (χ0n) is 12.6. The maximum Gasteiger partial charge on any atom is 0.169 e. The first-order valence-electron chi connectivity index (χ1n) is 7.33. The van der Waals surface area contributed by atoms with Gasteiger partial charge in [0.1, 0.15) is 24.3 Å². The lowest BCUT2D eigenvalue weighted by molar-refractivity contribution is 0.618. The molecule has 0 aliphatic carbocycles. The highest BCUT2D eigenvalue weighted by Gasteiger charge is 2.07. The molecule has 0 radical (unpaired) electrons. The van der Waals surface area contributed by atoms with Crippen LogP contribution in [0.15, 0.2) is 48.4 Å². The van der Waals surface area contributed by atoms with E-state index in [1.165, 1.54) is 18.5 Å². The Labute approximate surface area is 141 Å². The first kappa shape index (κ1) is 14.7. The van der Waals surface area contributed by atoms with E-state index in [9.17, 15) is 4.39 Å². The van der Waals surface area contributed by atoms with Crippen LogP contribution in [0.3, 0.4) is 0 Å². The van der Waals surface area contributed by atoms with Gasteiger partial charge in [0.15, 0.2) is 5.82 Å². The molecule has 3 aromatic heterocycles. The van der Waals surface area contributed by atoms with Crippen molar-refractivity contribution in [1.29, 1.82) is 0 Å². The Bertz CT molecular complexity index is 979. The van der Waals surface area contributed by atoms with Gasteiger partial charge in [-0.1, -0.05) is 12.1 Å². The molecular formula is C16H13FN6S. The monoisotopic (exact) mass is 340 g/mol. The summed E-state index contributed by atoms with van der Waals surface area (Å²) < 4.78 is 15.9. The highest BCUT2D eigenvalue weighted by atomic mass is 32.1. The van der Waals surface area contributed by atoms with Crippen LogP contribution in [0.1, 0.15) is 11.4 Å². The van der Waals surface area contributed by atoms with E-state index in [0.717, 1.165) is 21.6 Å². The van der Waals surface area contributed by atoms with E-state index in [1.54, 1.807) is 28.4 Å². The summed E-state index contributed by atoms with van der Waals surface area (Å²) in [5.74, 6) is 1.17. The van der Waals surface area contributed by atoms with Crippen molar-refractivity contribution < 1.29 is 4.39 Å². The molecule has 0 fully saturated rings. The molecule has 0 aliphatic rings. The minimum absolute atomic E-state index is 0.252. The fourth-order valence-corrected chi connectivity index (χ4v) is 3.20. The van der Waals surface area contributed by atoms with Crippen LogP contribution in [0, 0.1) is 5.82 Å². The molecular weight excluding hydrogens is 327 g/mol. The Morgan fingerprint density at radius 3 is 3.04 bits per heavy atom. The van der Waals surface area contributed by atoms with Crippen LogP contribution < -0.4 is 5.32 Å². The Morgan fingerprint density at radius 1 is 1.17 bits per heavy atom. The predicted molar refractivity (Wildman–Crippen MR) is 90.3 cm³/mol. The zero-order valence-corrected chi connectivity index (χ0v) is 13.4. The first-order chi connectivity index (χ1) is 11.8. The summed E-state index contributed by atoms with van der Waals surface area (Å²) in [7, 11) is 0. The quantitative estimate of drug-likeness (QED) is 0.605. The predicted octanol–water partition coefficient (Wildman–Crippen LogP) is 3.08. The fourth-order valence-electron chi connectivity index (χ4n) is 2.39. The van der Waals surface area contributed by atoms with Crippen molar-refractivity contribution in [3.8, 4) is 0 Å². The molecule has 0 atom stereocenters. The molecule has 0 unspecified atom stereocenters. The molecule has 24 heavy (non-hydrogen) atoms. The van der Waals surface area contributed by atoms with Gasteiger partial charge in [-0.2, -0.15) is 5.10 Å². The lowest BCUT2D eigenvalue weighted by Crippen LogP contribution is -2.05. The third kappa shape index (κ3) is 3.09. The fraction of sp³-hybridized carbons (Fsp3) is 0.125. The molecule has 3 heterocycles. The van der Waals surface area contributed by atoms with Crippen molar-refractivity contribution in [2.24, 2.45) is 0 Å². The molecule has 120 valence electrons. The standard InChI is InChI=1S/C16H13FN6S/c17-12-3-1-2-11(6-12)8-23-10-21-14(22-23)7-18-16-15-13(4-5-24-15)19-9-20-16/h1-6,9-10H,7-8H2,(H,18,19,20). The van der Waals surface area contributed by atoms with Crippen LogP contribution in [0.25, 0.3) is 10.2 Å². The molecule has 0 saturated heterocycles. The van der Waals surface area contributed by atoms with Gasteiger partial charge in [0, 0.05) is 0 Å². The average Bonchev–Trinajstić information content (AvgIpc) is 3.22. The summed E-state index contributed by atoms with van der Waals surface area (Å²) in [5, 5.41) is 9.62. The van der Waals surface area contributed by atoms with E-state index >= 15 is 0 Å². The van der Waals surface area contributed by atoms with Crippen molar-refractivity contribution in [3.63, 3.8) is 0 Å². The van der Waals surface area contributed by atoms with E-state index < -0.39 is 0 Å². The van der Waals surface area contributed by atoms with Crippen molar-refractivity contribution >= 4 is 27.4 Å². The molecule has 6 nitrogen and oxygen atoms in total. The molecule has 0 spiro atoms. The van der Waals surface area contributed by atoms with E-state index in [-0.39, 0.29) is 5.82 Å². The SMILES string of the molecule is Fc1cccc(Cn2cnc(CNc3ncnc4ccsc34)n2)c1. The lowest BCUT2D eigenvalue weighted by atomic mass is 10.2. The highest BCUT2D eigenvalue weighted by Crippen LogP contribution is 2.24. The number of hydrogen-bond acceptors (Lipinski definition) is 6. The summed E-state index contributed by atoms with van der Waals surface area (Å²) in [4.78, 5) is 12.7. The number of aromatic nitrogens is 5. The topological polar surface area (TPSA) is 68.5 Å². The van der Waals surface area contributed by atoms with Gasteiger partial charge < -0.3 is 5.32 Å². The third-order valence-corrected chi connectivity index (χ3v) is 4.39. The summed E-state index contributed by atoms with van der Waals surface area (Å²) >= 11 is 1.59. The summed E-state index contributed by atoms with van der Waals surface area (Å²) in [5.41, 5.74) is 1.76. The Kier molecular flexibility index (Phi) is 3.87. The molecule has 0 bridgehead atoms. The van der Waals surface area contributed by atoms with Crippen LogP contribution in [0.5, 0.6) is 0 Å². The third-order valence-electron chi connectivity index (χ3n) is 3.47. The van der Waals surface area contributed by atoms with E-state index in [4.69, 9.17) is 0 Å². The average molecular weight is 340 g/mol. The highest BCUT2D eigenvalue weighted by molar-refractivity contribution is 7.17. The molecule has 0 aliphatic heterocycles. The maximum atomic E-state index is 13.2. The largest absolute Gasteiger partial charge is 0.361 e. The van der Waals surface area contributed by atoms with E-state index in [0.29, 0.717) is 18.9 Å². The molecule has 1 N–H and O–H groups in total. The maximum absolute atomic E-state index is 13.2. The molecule has 1 aromatic carbocycles. The summed E-state index contributed by atoms with van der Waals surface area (Å²) in [6, 6.07) is 8.42. The number of rotatable bonds is 5. The lowest BCUT2D eigenvalue weighted by Gasteiger charge is -2.03. The van der Waals surface area contributed by atoms with Gasteiger partial charge in [-0.15, -0.1) is 11.3 Å². The molecule has 4 aromatic rings. The second-order valence-corrected chi connectivity index (χ2v) is 6.12. The Morgan fingerprint density at radius 2 is 2.12 bits per heavy atom. The van der Waals surface area contributed by atoms with Gasteiger partial charge in [0.25, 0.3) is 0 Å². The summed E-state index contributed by atoms with van der Waals surface area (Å²) in [6.45, 7) is 0.938. The molecule has 0 amide bonds.